The summed E-state index contributed by atoms with van der Waals surface area (Å²) in [5.41, 5.74) is 11.4. The van der Waals surface area contributed by atoms with Crippen LogP contribution in [0.1, 0.15) is 0 Å². The molecule has 0 spiro atoms. The molecule has 4 N–H and O–H groups in total. The van der Waals surface area contributed by atoms with Crippen LogP contribution in [0.3, 0.4) is 0 Å². The summed E-state index contributed by atoms with van der Waals surface area (Å²) in [6, 6.07) is 3.18. The van der Waals surface area contributed by atoms with Gasteiger partial charge in [0.15, 0.2) is 0 Å². The van der Waals surface area contributed by atoms with Crippen molar-refractivity contribution in [3.63, 3.8) is 0 Å². The minimum absolute atomic E-state index is 0.372. The molecule has 1 aromatic heterocycles. The maximum absolute atomic E-state index is 5.44. The van der Waals surface area contributed by atoms with Gasteiger partial charge in [-0.3, -0.25) is 0 Å². The second kappa shape index (κ2) is 2.43. The average Bonchev–Trinajstić information content (AvgIpc) is 1.85. The van der Waals surface area contributed by atoms with Gasteiger partial charge in [0.1, 0.15) is 5.82 Å². The summed E-state index contributed by atoms with van der Waals surface area (Å²) in [6.07, 6.45) is 0. The van der Waals surface area contributed by atoms with Crippen molar-refractivity contribution < 1.29 is 4.74 Å². The van der Waals surface area contributed by atoms with Gasteiger partial charge in [0.05, 0.1) is 7.11 Å². The predicted octanol–water partition coefficient (Wildman–Crippen LogP) is 0.255. The first-order valence-corrected chi connectivity index (χ1v) is 2.79. The third-order valence-electron chi connectivity index (χ3n) is 1.05. The Bertz CT molecular complexity index is 216. The van der Waals surface area contributed by atoms with Gasteiger partial charge in [-0.25, -0.2) is 0 Å². The Morgan fingerprint density at radius 1 is 1.40 bits per heavy atom. The molecule has 0 atom stereocenters. The van der Waals surface area contributed by atoms with Crippen molar-refractivity contribution in [1.29, 1.82) is 0 Å². The number of nitrogens with two attached hydrogens (primary N) is 2. The molecule has 54 valence electrons. The quantitative estimate of drug-likeness (QED) is 0.585. The Kier molecular flexibility index (Phi) is 1.62. The van der Waals surface area contributed by atoms with Gasteiger partial charge < -0.3 is 16.2 Å². The second-order valence-corrected chi connectivity index (χ2v) is 1.87. The summed E-state index contributed by atoms with van der Waals surface area (Å²) in [5, 5.41) is 0. The highest BCUT2D eigenvalue weighted by Gasteiger charge is 1.95. The number of ether oxygens (including phenoxy) is 1. The van der Waals surface area contributed by atoms with E-state index in [4.69, 9.17) is 16.2 Å². The molecule has 0 saturated carbocycles. The Morgan fingerprint density at radius 2 is 2.10 bits per heavy atom. The number of nitrogens with zero attached hydrogens (tertiary/aromatic N) is 1. The molecular formula is C6H9N3O. The van der Waals surface area contributed by atoms with E-state index in [1.807, 2.05) is 0 Å². The summed E-state index contributed by atoms with van der Waals surface area (Å²) in [5.74, 6) is 0.814. The van der Waals surface area contributed by atoms with Crippen LogP contribution in [0.2, 0.25) is 0 Å². The molecular weight excluding hydrogens is 130 g/mol. The average molecular weight is 139 g/mol. The molecule has 0 aliphatic carbocycles. The lowest BCUT2D eigenvalue weighted by Gasteiger charge is -2.00. The van der Waals surface area contributed by atoms with Crippen LogP contribution in [0.15, 0.2) is 12.1 Å². The van der Waals surface area contributed by atoms with Crippen molar-refractivity contribution in [2.45, 2.75) is 0 Å². The molecule has 0 saturated heterocycles. The maximum atomic E-state index is 5.44. The summed E-state index contributed by atoms with van der Waals surface area (Å²) in [7, 11) is 1.52. The van der Waals surface area contributed by atoms with E-state index >= 15 is 0 Å². The van der Waals surface area contributed by atoms with Gasteiger partial charge in [0.2, 0.25) is 5.88 Å². The Balaban J connectivity index is 3.06. The van der Waals surface area contributed by atoms with Gasteiger partial charge in [-0.1, -0.05) is 0 Å². The largest absolute Gasteiger partial charge is 0.481 e. The molecule has 1 rings (SSSR count). The molecule has 0 aromatic carbocycles. The Labute approximate surface area is 58.8 Å². The lowest BCUT2D eigenvalue weighted by atomic mass is 10.4. The third-order valence-corrected chi connectivity index (χ3v) is 1.05. The van der Waals surface area contributed by atoms with Crippen molar-refractivity contribution in [3.05, 3.63) is 12.1 Å². The van der Waals surface area contributed by atoms with E-state index < -0.39 is 0 Å². The normalized spacial score (nSPS) is 9.30. The van der Waals surface area contributed by atoms with Crippen LogP contribution >= 0.6 is 0 Å². The summed E-state index contributed by atoms with van der Waals surface area (Å²) >= 11 is 0. The fourth-order valence-electron chi connectivity index (χ4n) is 0.651. The van der Waals surface area contributed by atoms with Crippen LogP contribution in [0.5, 0.6) is 5.88 Å². The van der Waals surface area contributed by atoms with E-state index in [0.29, 0.717) is 17.4 Å². The van der Waals surface area contributed by atoms with Gasteiger partial charge >= 0.3 is 0 Å². The molecule has 0 radical (unpaired) electrons. The lowest BCUT2D eigenvalue weighted by Crippen LogP contribution is -1.96. The number of nitrogen functional groups attached to an aromatic ring is 2. The standard InChI is InChI=1S/C6H9N3O/c1-10-6-3-4(7)2-5(8)9-6/h2-3H,1H3,(H4,7,8,9). The van der Waals surface area contributed by atoms with Crippen LogP contribution in [0.25, 0.3) is 0 Å². The van der Waals surface area contributed by atoms with Crippen LogP contribution in [-0.4, -0.2) is 12.1 Å². The maximum Gasteiger partial charge on any atom is 0.216 e. The van der Waals surface area contributed by atoms with E-state index in [1.54, 1.807) is 12.1 Å². The van der Waals surface area contributed by atoms with E-state index in [9.17, 15) is 0 Å². The summed E-state index contributed by atoms with van der Waals surface area (Å²) in [4.78, 5) is 3.83. The van der Waals surface area contributed by atoms with Gasteiger partial charge in [-0.05, 0) is 0 Å². The lowest BCUT2D eigenvalue weighted by molar-refractivity contribution is 0.399. The molecule has 0 unspecified atom stereocenters. The summed E-state index contributed by atoms with van der Waals surface area (Å²) < 4.78 is 4.80. The fraction of sp³-hybridized carbons (Fsp3) is 0.167. The Morgan fingerprint density at radius 3 is 2.60 bits per heavy atom. The minimum Gasteiger partial charge on any atom is -0.481 e. The smallest absolute Gasteiger partial charge is 0.216 e. The molecule has 0 bridgehead atoms. The number of rotatable bonds is 1. The monoisotopic (exact) mass is 139 g/mol. The van der Waals surface area contributed by atoms with Gasteiger partial charge in [0.25, 0.3) is 0 Å². The third kappa shape index (κ3) is 1.28. The number of methoxy groups -OCH3 is 1. The Hall–Kier alpha value is -1.45. The van der Waals surface area contributed by atoms with Crippen molar-refractivity contribution in [3.8, 4) is 5.88 Å². The summed E-state index contributed by atoms with van der Waals surface area (Å²) in [6.45, 7) is 0. The molecule has 0 amide bonds. The van der Waals surface area contributed by atoms with E-state index in [2.05, 4.69) is 4.98 Å². The molecule has 0 aliphatic rings. The number of pyridine rings is 1. The second-order valence-electron chi connectivity index (χ2n) is 1.87. The van der Waals surface area contributed by atoms with E-state index in [0.717, 1.165) is 0 Å². The molecule has 0 fully saturated rings. The van der Waals surface area contributed by atoms with Gasteiger partial charge in [-0.2, -0.15) is 4.98 Å². The first-order chi connectivity index (χ1) is 4.72. The van der Waals surface area contributed by atoms with E-state index in [1.165, 1.54) is 7.11 Å². The molecule has 1 heterocycles. The zero-order chi connectivity index (χ0) is 7.56. The van der Waals surface area contributed by atoms with Crippen molar-refractivity contribution >= 4 is 11.5 Å². The number of hydrogen-bond donors (Lipinski definition) is 2. The van der Waals surface area contributed by atoms with Gasteiger partial charge in [0, 0.05) is 17.8 Å². The minimum atomic E-state index is 0.372. The first-order valence-electron chi connectivity index (χ1n) is 2.79. The van der Waals surface area contributed by atoms with Crippen molar-refractivity contribution in [1.82, 2.24) is 4.98 Å². The molecule has 4 heteroatoms. The zero-order valence-electron chi connectivity index (χ0n) is 5.66. The molecule has 10 heavy (non-hydrogen) atoms. The van der Waals surface area contributed by atoms with E-state index in [-0.39, 0.29) is 0 Å². The van der Waals surface area contributed by atoms with Crippen LogP contribution < -0.4 is 16.2 Å². The fourth-order valence-corrected chi connectivity index (χ4v) is 0.651. The highest BCUT2D eigenvalue weighted by atomic mass is 16.5. The molecule has 4 nitrogen and oxygen atoms in total. The molecule has 0 aliphatic heterocycles. The highest BCUT2D eigenvalue weighted by Crippen LogP contribution is 2.14. The van der Waals surface area contributed by atoms with Crippen LogP contribution in [-0.2, 0) is 0 Å². The molecule has 1 aromatic rings. The van der Waals surface area contributed by atoms with Gasteiger partial charge in [-0.15, -0.1) is 0 Å². The van der Waals surface area contributed by atoms with Crippen molar-refractivity contribution in [2.24, 2.45) is 0 Å². The predicted molar refractivity (Wildman–Crippen MR) is 39.6 cm³/mol. The number of hydrogen-bond acceptors (Lipinski definition) is 4. The zero-order valence-corrected chi connectivity index (χ0v) is 5.66. The van der Waals surface area contributed by atoms with Crippen molar-refractivity contribution in [2.75, 3.05) is 18.6 Å². The van der Waals surface area contributed by atoms with Crippen LogP contribution in [0.4, 0.5) is 11.5 Å². The number of anilines is 2. The first kappa shape index (κ1) is 6.67. The highest BCUT2D eigenvalue weighted by molar-refractivity contribution is 5.49. The SMILES string of the molecule is COc1cc(N)cc(N)n1. The number of aromatic nitrogens is 1. The van der Waals surface area contributed by atoms with Crippen LogP contribution in [0, 0.1) is 0 Å². The topological polar surface area (TPSA) is 74.2 Å².